The number of likely N-dealkylation sites (tertiary alicyclic amines) is 1. The van der Waals surface area contributed by atoms with Gasteiger partial charge < -0.3 is 10.6 Å². The summed E-state index contributed by atoms with van der Waals surface area (Å²) in [5.41, 5.74) is 0.945. The van der Waals surface area contributed by atoms with Crippen LogP contribution in [0, 0.1) is 5.92 Å². The lowest BCUT2D eigenvalue weighted by molar-refractivity contribution is -0.140. The van der Waals surface area contributed by atoms with Crippen molar-refractivity contribution in [3.63, 3.8) is 0 Å². The van der Waals surface area contributed by atoms with E-state index in [9.17, 15) is 9.59 Å². The summed E-state index contributed by atoms with van der Waals surface area (Å²) in [6.45, 7) is 9.21. The number of amides is 2. The summed E-state index contributed by atoms with van der Waals surface area (Å²) >= 11 is 0. The van der Waals surface area contributed by atoms with Crippen molar-refractivity contribution in [3.8, 4) is 0 Å². The Morgan fingerprint density at radius 1 is 1.08 bits per heavy atom. The average molecular weight is 331 g/mol. The molecule has 0 unspecified atom stereocenters. The molecule has 24 heavy (non-hydrogen) atoms. The number of nitrogens with zero attached hydrogens (tertiary/aromatic N) is 1. The highest BCUT2D eigenvalue weighted by atomic mass is 16.2. The topological polar surface area (TPSA) is 61.4 Å². The van der Waals surface area contributed by atoms with Crippen LogP contribution in [0.3, 0.4) is 0 Å². The van der Waals surface area contributed by atoms with Crippen LogP contribution in [-0.2, 0) is 16.1 Å². The summed E-state index contributed by atoms with van der Waals surface area (Å²) in [5.74, 6) is -0.635. The van der Waals surface area contributed by atoms with Crippen molar-refractivity contribution in [1.29, 1.82) is 0 Å². The number of carbonyl (C=O) groups excluding carboxylic acids is 2. The van der Waals surface area contributed by atoms with Crippen LogP contribution in [0.25, 0.3) is 0 Å². The van der Waals surface area contributed by atoms with Gasteiger partial charge in [0, 0.05) is 18.6 Å². The first-order chi connectivity index (χ1) is 11.3. The molecule has 1 aliphatic rings. The molecule has 1 aromatic rings. The lowest BCUT2D eigenvalue weighted by Gasteiger charge is -2.32. The van der Waals surface area contributed by atoms with Gasteiger partial charge in [0.25, 0.3) is 0 Å². The second-order valence-electron chi connectivity index (χ2n) is 7.62. The lowest BCUT2D eigenvalue weighted by Crippen LogP contribution is -2.49. The monoisotopic (exact) mass is 331 g/mol. The zero-order valence-electron chi connectivity index (χ0n) is 15.0. The van der Waals surface area contributed by atoms with Gasteiger partial charge in [-0.3, -0.25) is 14.5 Å². The van der Waals surface area contributed by atoms with E-state index in [2.05, 4.69) is 39.8 Å². The van der Waals surface area contributed by atoms with Crippen LogP contribution < -0.4 is 10.6 Å². The Balaban J connectivity index is 1.68. The lowest BCUT2D eigenvalue weighted by atomic mass is 9.96. The van der Waals surface area contributed by atoms with Gasteiger partial charge in [0.1, 0.15) is 0 Å². The molecule has 1 aromatic carbocycles. The molecule has 1 aliphatic heterocycles. The van der Waals surface area contributed by atoms with Gasteiger partial charge in [-0.25, -0.2) is 0 Å². The van der Waals surface area contributed by atoms with Crippen molar-refractivity contribution in [2.75, 3.05) is 19.6 Å². The molecule has 5 nitrogen and oxygen atoms in total. The van der Waals surface area contributed by atoms with Gasteiger partial charge in [-0.1, -0.05) is 30.3 Å². The first kappa shape index (κ1) is 18.5. The molecule has 132 valence electrons. The third kappa shape index (κ3) is 6.32. The number of nitrogens with one attached hydrogen (secondary N) is 2. The Morgan fingerprint density at radius 3 is 2.29 bits per heavy atom. The zero-order chi connectivity index (χ0) is 17.6. The van der Waals surface area contributed by atoms with Gasteiger partial charge in [-0.15, -0.1) is 0 Å². The molecule has 1 heterocycles. The van der Waals surface area contributed by atoms with Gasteiger partial charge in [-0.05, 0) is 58.2 Å². The fraction of sp³-hybridized carbons (Fsp3) is 0.579. The Bertz CT molecular complexity index is 543. The maximum Gasteiger partial charge on any atom is 0.309 e. The Kier molecular flexibility index (Phi) is 6.37. The summed E-state index contributed by atoms with van der Waals surface area (Å²) < 4.78 is 0. The molecule has 0 radical (unpaired) electrons. The predicted octanol–water partition coefficient (Wildman–Crippen LogP) is 1.93. The minimum atomic E-state index is -0.552. The molecule has 0 atom stereocenters. The number of carbonyl (C=O) groups is 2. The number of hydrogen-bond donors (Lipinski definition) is 2. The largest absolute Gasteiger partial charge is 0.348 e. The van der Waals surface area contributed by atoms with Crippen molar-refractivity contribution in [2.45, 2.75) is 45.7 Å². The first-order valence-corrected chi connectivity index (χ1v) is 8.70. The van der Waals surface area contributed by atoms with E-state index in [-0.39, 0.29) is 0 Å². The van der Waals surface area contributed by atoms with E-state index in [1.54, 1.807) is 0 Å². The molecule has 2 amide bonds. The number of rotatable bonds is 4. The van der Waals surface area contributed by atoms with E-state index in [1.165, 1.54) is 5.56 Å². The van der Waals surface area contributed by atoms with E-state index in [0.717, 1.165) is 32.5 Å². The summed E-state index contributed by atoms with van der Waals surface area (Å²) in [6, 6.07) is 10.5. The highest BCUT2D eigenvalue weighted by Crippen LogP contribution is 2.18. The molecular formula is C19H29N3O2. The summed E-state index contributed by atoms with van der Waals surface area (Å²) in [7, 11) is 0. The minimum Gasteiger partial charge on any atom is -0.348 e. The number of hydrogen-bond acceptors (Lipinski definition) is 3. The van der Waals surface area contributed by atoms with Gasteiger partial charge in [-0.2, -0.15) is 0 Å². The van der Waals surface area contributed by atoms with E-state index in [0.29, 0.717) is 12.5 Å². The van der Waals surface area contributed by atoms with Crippen molar-refractivity contribution in [3.05, 3.63) is 35.9 Å². The minimum absolute atomic E-state index is 0.392. The van der Waals surface area contributed by atoms with Crippen molar-refractivity contribution in [1.82, 2.24) is 15.5 Å². The van der Waals surface area contributed by atoms with E-state index in [4.69, 9.17) is 0 Å². The standard InChI is InChI=1S/C19H29N3O2/c1-19(2,3)21-18(24)17(23)20-13-15-9-11-22(12-10-15)14-16-7-5-4-6-8-16/h4-8,15H,9-14H2,1-3H3,(H,20,23)(H,21,24). The Hall–Kier alpha value is -1.88. The van der Waals surface area contributed by atoms with Crippen molar-refractivity contribution in [2.24, 2.45) is 5.92 Å². The van der Waals surface area contributed by atoms with E-state index >= 15 is 0 Å². The quantitative estimate of drug-likeness (QED) is 0.829. The molecule has 2 N–H and O–H groups in total. The highest BCUT2D eigenvalue weighted by molar-refractivity contribution is 6.35. The number of piperidine rings is 1. The molecule has 0 aliphatic carbocycles. The van der Waals surface area contributed by atoms with Crippen molar-refractivity contribution >= 4 is 11.8 Å². The third-order valence-electron chi connectivity index (χ3n) is 4.20. The average Bonchev–Trinajstić information content (AvgIpc) is 2.53. The molecule has 0 spiro atoms. The first-order valence-electron chi connectivity index (χ1n) is 8.70. The maximum atomic E-state index is 11.8. The second-order valence-corrected chi connectivity index (χ2v) is 7.62. The van der Waals surface area contributed by atoms with Crippen LogP contribution in [0.5, 0.6) is 0 Å². The molecular weight excluding hydrogens is 302 g/mol. The molecule has 1 saturated heterocycles. The SMILES string of the molecule is CC(C)(C)NC(=O)C(=O)NCC1CCN(Cc2ccccc2)CC1. The van der Waals surface area contributed by atoms with E-state index < -0.39 is 17.4 Å². The van der Waals surface area contributed by atoms with Crippen LogP contribution in [0.1, 0.15) is 39.2 Å². The maximum absolute atomic E-state index is 11.8. The van der Waals surface area contributed by atoms with Crippen LogP contribution >= 0.6 is 0 Å². The number of benzene rings is 1. The highest BCUT2D eigenvalue weighted by Gasteiger charge is 2.23. The fourth-order valence-corrected chi connectivity index (χ4v) is 2.90. The van der Waals surface area contributed by atoms with Gasteiger partial charge in [0.05, 0.1) is 0 Å². The van der Waals surface area contributed by atoms with Gasteiger partial charge in [0.2, 0.25) is 0 Å². The molecule has 0 bridgehead atoms. The van der Waals surface area contributed by atoms with Gasteiger partial charge in [0.15, 0.2) is 0 Å². The summed E-state index contributed by atoms with van der Waals surface area (Å²) in [6.07, 6.45) is 2.10. The van der Waals surface area contributed by atoms with Crippen LogP contribution in [0.4, 0.5) is 0 Å². The third-order valence-corrected chi connectivity index (χ3v) is 4.20. The Morgan fingerprint density at radius 2 is 1.71 bits per heavy atom. The zero-order valence-corrected chi connectivity index (χ0v) is 15.0. The van der Waals surface area contributed by atoms with Gasteiger partial charge >= 0.3 is 11.8 Å². The van der Waals surface area contributed by atoms with Crippen LogP contribution in [0.15, 0.2) is 30.3 Å². The molecule has 2 rings (SSSR count). The predicted molar refractivity (Wildman–Crippen MR) is 95.3 cm³/mol. The fourth-order valence-electron chi connectivity index (χ4n) is 2.90. The van der Waals surface area contributed by atoms with Crippen LogP contribution in [-0.4, -0.2) is 41.9 Å². The Labute approximate surface area is 144 Å². The summed E-state index contributed by atoms with van der Waals surface area (Å²) in [5, 5.41) is 5.45. The second kappa shape index (κ2) is 8.29. The van der Waals surface area contributed by atoms with Crippen molar-refractivity contribution < 1.29 is 9.59 Å². The summed E-state index contributed by atoms with van der Waals surface area (Å²) in [4.78, 5) is 26.0. The normalized spacial score (nSPS) is 16.6. The molecule has 1 fully saturated rings. The molecule has 0 aromatic heterocycles. The smallest absolute Gasteiger partial charge is 0.309 e. The van der Waals surface area contributed by atoms with Crippen LogP contribution in [0.2, 0.25) is 0 Å². The van der Waals surface area contributed by atoms with E-state index in [1.807, 2.05) is 26.8 Å². The molecule has 0 saturated carbocycles. The molecule has 5 heteroatoms.